The number of rotatable bonds is 5. The van der Waals surface area contributed by atoms with Crippen LogP contribution in [0.1, 0.15) is 16.1 Å². The molecule has 10 heteroatoms. The Morgan fingerprint density at radius 3 is 2.59 bits per heavy atom. The van der Waals surface area contributed by atoms with Crippen molar-refractivity contribution in [1.82, 2.24) is 14.8 Å². The first-order chi connectivity index (χ1) is 12.8. The summed E-state index contributed by atoms with van der Waals surface area (Å²) < 4.78 is 6.74. The molecule has 0 radical (unpaired) electrons. The predicted molar refractivity (Wildman–Crippen MR) is 98.7 cm³/mol. The van der Waals surface area contributed by atoms with Gasteiger partial charge in [-0.2, -0.15) is 5.10 Å². The standard InChI is InChI=1S/C17H12Cl2N4O4/c1-22-8-12(16(21-22)10-2-4-11(5-3-10)23(25)26)17(24)27-9-14-13(18)6-7-15(19)20-14/h2-8H,9H2,1H3. The summed E-state index contributed by atoms with van der Waals surface area (Å²) in [5, 5.41) is 15.6. The van der Waals surface area contributed by atoms with Crippen LogP contribution in [0.5, 0.6) is 0 Å². The fraction of sp³-hybridized carbons (Fsp3) is 0.118. The summed E-state index contributed by atoms with van der Waals surface area (Å²) in [6.45, 7) is -0.160. The topological polar surface area (TPSA) is 100 Å². The number of aryl methyl sites for hydroxylation is 1. The van der Waals surface area contributed by atoms with Crippen molar-refractivity contribution in [2.24, 2.45) is 7.05 Å². The van der Waals surface area contributed by atoms with Crippen LogP contribution in [-0.4, -0.2) is 25.7 Å². The summed E-state index contributed by atoms with van der Waals surface area (Å²) in [5.74, 6) is -0.630. The van der Waals surface area contributed by atoms with Crippen molar-refractivity contribution in [2.45, 2.75) is 6.61 Å². The molecule has 0 spiro atoms. The summed E-state index contributed by atoms with van der Waals surface area (Å²) in [4.78, 5) is 26.8. The molecule has 3 aromatic rings. The number of nitro benzene ring substituents is 1. The summed E-state index contributed by atoms with van der Waals surface area (Å²) >= 11 is 11.8. The Morgan fingerprint density at radius 2 is 1.93 bits per heavy atom. The van der Waals surface area contributed by atoms with Gasteiger partial charge in [0.2, 0.25) is 0 Å². The van der Waals surface area contributed by atoms with Crippen LogP contribution >= 0.6 is 23.2 Å². The van der Waals surface area contributed by atoms with E-state index < -0.39 is 10.9 Å². The number of benzene rings is 1. The summed E-state index contributed by atoms with van der Waals surface area (Å²) in [6, 6.07) is 8.82. The van der Waals surface area contributed by atoms with E-state index in [1.54, 1.807) is 13.1 Å². The molecule has 0 saturated heterocycles. The second kappa shape index (κ2) is 7.73. The van der Waals surface area contributed by atoms with Gasteiger partial charge in [0.15, 0.2) is 0 Å². The number of hydrogen-bond donors (Lipinski definition) is 0. The summed E-state index contributed by atoms with van der Waals surface area (Å²) in [5.41, 5.74) is 1.39. The van der Waals surface area contributed by atoms with Gasteiger partial charge in [-0.05, 0) is 24.3 Å². The molecule has 138 valence electrons. The minimum atomic E-state index is -0.630. The maximum absolute atomic E-state index is 12.5. The normalized spacial score (nSPS) is 10.6. The zero-order valence-electron chi connectivity index (χ0n) is 13.9. The van der Waals surface area contributed by atoms with Crippen LogP contribution in [0, 0.1) is 10.1 Å². The number of hydrogen-bond acceptors (Lipinski definition) is 6. The molecule has 8 nitrogen and oxygen atoms in total. The minimum Gasteiger partial charge on any atom is -0.455 e. The lowest BCUT2D eigenvalue weighted by atomic mass is 10.1. The molecular formula is C17H12Cl2N4O4. The molecule has 2 aromatic heterocycles. The highest BCUT2D eigenvalue weighted by atomic mass is 35.5. The number of halogens is 2. The first-order valence-electron chi connectivity index (χ1n) is 7.61. The van der Waals surface area contributed by atoms with Crippen LogP contribution in [-0.2, 0) is 18.4 Å². The smallest absolute Gasteiger partial charge is 0.342 e. The average Bonchev–Trinajstić information content (AvgIpc) is 3.04. The average molecular weight is 407 g/mol. The molecule has 0 N–H and O–H groups in total. The van der Waals surface area contributed by atoms with Crippen LogP contribution in [0.2, 0.25) is 10.2 Å². The predicted octanol–water partition coefficient (Wildman–Crippen LogP) is 4.05. The van der Waals surface area contributed by atoms with E-state index in [4.69, 9.17) is 27.9 Å². The van der Waals surface area contributed by atoms with E-state index in [9.17, 15) is 14.9 Å². The van der Waals surface area contributed by atoms with Crippen LogP contribution in [0.25, 0.3) is 11.3 Å². The highest BCUT2D eigenvalue weighted by molar-refractivity contribution is 6.32. The molecule has 0 aliphatic rings. The molecule has 0 aliphatic heterocycles. The van der Waals surface area contributed by atoms with Crippen LogP contribution in [0.15, 0.2) is 42.6 Å². The number of carbonyl (C=O) groups excluding carboxylic acids is 1. The van der Waals surface area contributed by atoms with E-state index in [2.05, 4.69) is 10.1 Å². The molecule has 1 aromatic carbocycles. The summed E-state index contributed by atoms with van der Waals surface area (Å²) in [7, 11) is 1.65. The van der Waals surface area contributed by atoms with Crippen molar-refractivity contribution in [2.75, 3.05) is 0 Å². The lowest BCUT2D eigenvalue weighted by molar-refractivity contribution is -0.384. The molecule has 0 fully saturated rings. The van der Waals surface area contributed by atoms with Gasteiger partial charge in [-0.15, -0.1) is 0 Å². The van der Waals surface area contributed by atoms with Gasteiger partial charge in [-0.25, -0.2) is 9.78 Å². The Labute approximate surface area is 163 Å². The lowest BCUT2D eigenvalue weighted by Crippen LogP contribution is -2.07. The number of nitro groups is 1. The van der Waals surface area contributed by atoms with Gasteiger partial charge in [0.25, 0.3) is 5.69 Å². The van der Waals surface area contributed by atoms with Crippen molar-refractivity contribution in [3.63, 3.8) is 0 Å². The summed E-state index contributed by atoms with van der Waals surface area (Å²) in [6.07, 6.45) is 1.51. The number of non-ortho nitro benzene ring substituents is 1. The molecule has 0 aliphatic carbocycles. The Bertz CT molecular complexity index is 1020. The second-order valence-corrected chi connectivity index (χ2v) is 6.30. The molecular weight excluding hydrogens is 395 g/mol. The molecule has 0 amide bonds. The van der Waals surface area contributed by atoms with Crippen LogP contribution < -0.4 is 0 Å². The van der Waals surface area contributed by atoms with E-state index in [-0.39, 0.29) is 23.0 Å². The highest BCUT2D eigenvalue weighted by Crippen LogP contribution is 2.25. The SMILES string of the molecule is Cn1cc(C(=O)OCc2nc(Cl)ccc2Cl)c(-c2ccc([N+](=O)[O-])cc2)n1. The van der Waals surface area contributed by atoms with E-state index in [1.807, 2.05) is 0 Å². The lowest BCUT2D eigenvalue weighted by Gasteiger charge is -2.06. The zero-order chi connectivity index (χ0) is 19.6. The van der Waals surface area contributed by atoms with Crippen LogP contribution in [0.4, 0.5) is 5.69 Å². The van der Waals surface area contributed by atoms with Crippen molar-refractivity contribution in [3.05, 3.63) is 74.1 Å². The number of pyridine rings is 1. The van der Waals surface area contributed by atoms with Gasteiger partial charge < -0.3 is 4.74 Å². The van der Waals surface area contributed by atoms with Crippen molar-refractivity contribution < 1.29 is 14.5 Å². The van der Waals surface area contributed by atoms with Crippen molar-refractivity contribution in [3.8, 4) is 11.3 Å². The number of nitrogens with zero attached hydrogens (tertiary/aromatic N) is 4. The molecule has 2 heterocycles. The molecule has 0 unspecified atom stereocenters. The molecule has 0 atom stereocenters. The monoisotopic (exact) mass is 406 g/mol. The fourth-order valence-electron chi connectivity index (χ4n) is 2.36. The number of ether oxygens (including phenoxy) is 1. The molecule has 27 heavy (non-hydrogen) atoms. The van der Waals surface area contributed by atoms with Gasteiger partial charge in [0.1, 0.15) is 23.0 Å². The first-order valence-corrected chi connectivity index (χ1v) is 8.37. The maximum atomic E-state index is 12.5. The Hall–Kier alpha value is -2.97. The van der Waals surface area contributed by atoms with Gasteiger partial charge >= 0.3 is 5.97 Å². The number of carbonyl (C=O) groups is 1. The Morgan fingerprint density at radius 1 is 1.22 bits per heavy atom. The van der Waals surface area contributed by atoms with Gasteiger partial charge in [0.05, 0.1) is 15.6 Å². The third kappa shape index (κ3) is 4.24. The number of esters is 1. The minimum absolute atomic E-state index is 0.0551. The largest absolute Gasteiger partial charge is 0.455 e. The third-order valence-corrected chi connectivity index (χ3v) is 4.18. The third-order valence-electron chi connectivity index (χ3n) is 3.62. The molecule has 3 rings (SSSR count). The zero-order valence-corrected chi connectivity index (χ0v) is 15.4. The van der Waals surface area contributed by atoms with Crippen molar-refractivity contribution in [1.29, 1.82) is 0 Å². The first kappa shape index (κ1) is 18.8. The van der Waals surface area contributed by atoms with Gasteiger partial charge in [-0.3, -0.25) is 14.8 Å². The number of aromatic nitrogens is 3. The van der Waals surface area contributed by atoms with Crippen molar-refractivity contribution >= 4 is 34.9 Å². The van der Waals surface area contributed by atoms with E-state index in [0.29, 0.717) is 22.0 Å². The Balaban J connectivity index is 1.83. The van der Waals surface area contributed by atoms with Gasteiger partial charge in [-0.1, -0.05) is 23.2 Å². The van der Waals surface area contributed by atoms with E-state index in [1.165, 1.54) is 41.2 Å². The Kier molecular flexibility index (Phi) is 5.38. The van der Waals surface area contributed by atoms with Crippen LogP contribution in [0.3, 0.4) is 0 Å². The van der Waals surface area contributed by atoms with E-state index in [0.717, 1.165) is 0 Å². The fourth-order valence-corrected chi connectivity index (χ4v) is 2.69. The second-order valence-electron chi connectivity index (χ2n) is 5.51. The van der Waals surface area contributed by atoms with Gasteiger partial charge in [0, 0.05) is 30.9 Å². The van der Waals surface area contributed by atoms with E-state index >= 15 is 0 Å². The maximum Gasteiger partial charge on any atom is 0.342 e. The molecule has 0 bridgehead atoms. The highest BCUT2D eigenvalue weighted by Gasteiger charge is 2.20. The molecule has 0 saturated carbocycles. The quantitative estimate of drug-likeness (QED) is 0.274.